The lowest BCUT2D eigenvalue weighted by atomic mass is 9.91. The van der Waals surface area contributed by atoms with Crippen molar-refractivity contribution in [2.45, 2.75) is 339 Å². The summed E-state index contributed by atoms with van der Waals surface area (Å²) in [4.78, 5) is 284. The van der Waals surface area contributed by atoms with Gasteiger partial charge >= 0.3 is 11.9 Å². The minimum atomic E-state index is -1.95. The molecule has 1 aliphatic heterocycles. The van der Waals surface area contributed by atoms with Crippen LogP contribution >= 0.6 is 0 Å². The molecular formula is C86H147N23O23. The molecule has 132 heavy (non-hydrogen) atoms. The largest absolute Gasteiger partial charge is 0.481 e. The number of aromatic nitrogens is 2. The van der Waals surface area contributed by atoms with E-state index in [4.69, 9.17) is 34.4 Å². The first kappa shape index (κ1) is 116. The third-order valence-corrected chi connectivity index (χ3v) is 22.0. The van der Waals surface area contributed by atoms with Gasteiger partial charge in [-0.2, -0.15) is 0 Å². The quantitative estimate of drug-likeness (QED) is 0.0217. The van der Waals surface area contributed by atoms with Crippen molar-refractivity contribution in [3.05, 3.63) is 30.4 Å². The van der Waals surface area contributed by atoms with Crippen LogP contribution in [0.2, 0.25) is 0 Å². The molecule has 0 aromatic carbocycles. The van der Waals surface area contributed by atoms with Crippen molar-refractivity contribution in [2.24, 2.45) is 58.1 Å². The Balaban J connectivity index is 2.75. The number of imidazole rings is 1. The van der Waals surface area contributed by atoms with Crippen molar-refractivity contribution < 1.29 is 111 Å². The van der Waals surface area contributed by atoms with Gasteiger partial charge in [0.15, 0.2) is 0 Å². The number of rotatable bonds is 56. The molecule has 1 aliphatic rings. The second-order valence-electron chi connectivity index (χ2n) is 35.3. The smallest absolute Gasteiger partial charge is 0.305 e. The Morgan fingerprint density at radius 2 is 0.886 bits per heavy atom. The summed E-state index contributed by atoms with van der Waals surface area (Å²) >= 11 is 0. The molecule has 46 nitrogen and oxygen atoms in total. The Hall–Kier alpha value is -11.8. The fraction of sp³-hybridized carbons (Fsp3) is 0.709. The standard InChI is InChI=1S/C86H147N23O23/c1-12-50(8)69(107-75(123)54(26-18-23-37-88)106-84(132)86(11)35-21-16-14-13-15-20-34-85(10,108-51(9)111)83(131)105-53(25-17-22-36-87)71(119)96-58(30-33-67(114)115)72(120)95-55(81(129)109-86)27-19-24-38-89)82(130)103-61(41-49(6)7)78(126)101-62(42-52-44-93-46-94-52)79(127)98-56(28-31-65(90)112)73(121)99-60(40-48(4)5)77(125)100-59(39-47(2)3)76(124)97-57(29-32-66(91)113)74(122)102-63(43-68(116)117)80(128)104-64(45-110)70(92)118/h13-14,44,46-50,53-64,69,110H,12,15-43,45,87-89H2,1-11H3,(H2,90,112)(H2,91,113)(H2,92,118)(H,93,94)(H,95,120)(H,96,119)(H,97,124)(H,98,127)(H,99,121)(H,100,125)(H,101,126)(H,102,122)(H,103,130)(H,104,128)(H,105,131)(H,106,132)(H,107,123)(H,108,111)(H,109,129)(H,114,115)(H,116,117)/b14-13-/t50-,53-,54-,55-,56-,57-,58-,59-,60-,61-,62-,63-,64-,69-,85-,86-/m0/s1. The van der Waals surface area contributed by atoms with Crippen molar-refractivity contribution in [1.29, 1.82) is 0 Å². The van der Waals surface area contributed by atoms with Crippen LogP contribution < -0.4 is 114 Å². The molecule has 1 aromatic rings. The van der Waals surface area contributed by atoms with Gasteiger partial charge in [-0.25, -0.2) is 4.98 Å². The molecule has 0 aliphatic carbocycles. The minimum Gasteiger partial charge on any atom is -0.481 e. The number of aliphatic carboxylic acids is 2. The van der Waals surface area contributed by atoms with Crippen molar-refractivity contribution >= 4 is 118 Å². The van der Waals surface area contributed by atoms with Crippen LogP contribution in [0.3, 0.4) is 0 Å². The Morgan fingerprint density at radius 3 is 1.32 bits per heavy atom. The zero-order chi connectivity index (χ0) is 99.7. The second-order valence-corrected chi connectivity index (χ2v) is 35.3. The second kappa shape index (κ2) is 60.3. The van der Waals surface area contributed by atoms with E-state index in [1.54, 1.807) is 55.4 Å². The minimum absolute atomic E-state index is 0.0174. The molecule has 0 spiro atoms. The highest BCUT2D eigenvalue weighted by Crippen LogP contribution is 2.23. The van der Waals surface area contributed by atoms with Crippen LogP contribution in [0.1, 0.15) is 249 Å². The molecule has 18 amide bonds. The molecule has 2 heterocycles. The molecule has 0 bridgehead atoms. The number of hydrogen-bond donors (Lipinski definition) is 25. The lowest BCUT2D eigenvalue weighted by Crippen LogP contribution is -2.64. The fourth-order valence-electron chi connectivity index (χ4n) is 14.4. The highest BCUT2D eigenvalue weighted by Gasteiger charge is 2.44. The van der Waals surface area contributed by atoms with E-state index < -0.39 is 277 Å². The number of carbonyl (C=O) groups excluding carboxylic acids is 18. The summed E-state index contributed by atoms with van der Waals surface area (Å²) in [6.45, 7) is 17.3. The number of aliphatic hydroxyl groups is 1. The Labute approximate surface area is 769 Å². The van der Waals surface area contributed by atoms with Gasteiger partial charge in [-0.15, -0.1) is 0 Å². The van der Waals surface area contributed by atoms with E-state index in [2.05, 4.69) is 84.4 Å². The number of aromatic amines is 1. The fourth-order valence-corrected chi connectivity index (χ4v) is 14.4. The van der Waals surface area contributed by atoms with Gasteiger partial charge in [-0.3, -0.25) is 95.9 Å². The number of amides is 18. The third kappa shape index (κ3) is 43.9. The van der Waals surface area contributed by atoms with Crippen molar-refractivity contribution in [1.82, 2.24) is 89.7 Å². The summed E-state index contributed by atoms with van der Waals surface area (Å²) in [5, 5.41) is 67.9. The van der Waals surface area contributed by atoms with Crippen LogP contribution in [0.5, 0.6) is 0 Å². The molecule has 31 N–H and O–H groups in total. The average Bonchev–Trinajstić information content (AvgIpc) is 0.839. The first-order valence-corrected chi connectivity index (χ1v) is 45.3. The summed E-state index contributed by atoms with van der Waals surface area (Å²) in [5.41, 5.74) is 30.7. The summed E-state index contributed by atoms with van der Waals surface area (Å²) in [6, 6.07) is -20.7. The first-order valence-electron chi connectivity index (χ1n) is 45.3. The van der Waals surface area contributed by atoms with E-state index in [0.29, 0.717) is 44.9 Å². The van der Waals surface area contributed by atoms with E-state index >= 15 is 19.2 Å². The van der Waals surface area contributed by atoms with Crippen LogP contribution in [0, 0.1) is 23.7 Å². The molecule has 46 heteroatoms. The number of carboxylic acids is 2. The normalized spacial score (nSPS) is 19.8. The predicted octanol–water partition coefficient (Wildman–Crippen LogP) is -4.15. The Bertz CT molecular complexity index is 4040. The Kier molecular flexibility index (Phi) is 53.1. The molecule has 0 saturated carbocycles. The number of allylic oxidation sites excluding steroid dienone is 2. The number of hydrogen-bond acceptors (Lipinski definition) is 25. The maximum atomic E-state index is 15.4. The lowest BCUT2D eigenvalue weighted by Gasteiger charge is -2.34. The van der Waals surface area contributed by atoms with Gasteiger partial charge in [0, 0.05) is 44.5 Å². The topological polar surface area (TPSA) is 767 Å². The predicted molar refractivity (Wildman–Crippen MR) is 482 cm³/mol. The molecule has 1 aromatic heterocycles. The zero-order valence-corrected chi connectivity index (χ0v) is 78.0. The van der Waals surface area contributed by atoms with Crippen LogP contribution in [0.15, 0.2) is 24.7 Å². The number of primary amides is 3. The van der Waals surface area contributed by atoms with Crippen molar-refractivity contribution in [3.8, 4) is 0 Å². The molecule has 0 unspecified atom stereocenters. The number of aliphatic hydroxyl groups excluding tert-OH is 1. The summed E-state index contributed by atoms with van der Waals surface area (Å²) in [6.07, 6.45) is 4.44. The first-order chi connectivity index (χ1) is 62.1. The zero-order valence-electron chi connectivity index (χ0n) is 78.0. The lowest BCUT2D eigenvalue weighted by molar-refractivity contribution is -0.141. The van der Waals surface area contributed by atoms with E-state index in [9.17, 15) is 92.0 Å². The SMILES string of the molecule is CC[C@H](C)[C@H](NC(=O)[C@H](CCCCN)NC(=O)[C@]1(C)CCC/C=C\CCC[C@](C)(NC(C)=O)C(=O)N[C@@H](CCCCN)C(=O)N[C@@H](CCC(=O)O)C(=O)N[C@@H](CCCCN)C(=O)N1)C(=O)N[C@@H](CC(C)C)C(=O)N[C@@H](Cc1cnc[nH]1)C(=O)N[C@@H](CCC(N)=O)C(=O)N[C@@H](CC(C)C)C(=O)N[C@@H](CC(C)C)C(=O)N[C@@H](CCC(N)=O)C(=O)N[C@@H](CC(=O)O)C(=O)N[C@@H](CO)C(N)=O. The number of carboxylic acid groups (broad SMARTS) is 2. The van der Waals surface area contributed by atoms with Gasteiger partial charge in [0.1, 0.15) is 89.6 Å². The molecule has 744 valence electrons. The van der Waals surface area contributed by atoms with Gasteiger partial charge in [0.25, 0.3) is 0 Å². The maximum absolute atomic E-state index is 15.4. The van der Waals surface area contributed by atoms with E-state index in [-0.39, 0.29) is 115 Å². The summed E-state index contributed by atoms with van der Waals surface area (Å²) in [5.74, 6) is -22.2. The van der Waals surface area contributed by atoms with Gasteiger partial charge in [0.05, 0.1) is 19.4 Å². The molecular weight excluding hydrogens is 1720 g/mol. The van der Waals surface area contributed by atoms with Gasteiger partial charge in [-0.1, -0.05) is 74.0 Å². The molecule has 0 radical (unpaired) electrons. The van der Waals surface area contributed by atoms with Crippen molar-refractivity contribution in [2.75, 3.05) is 26.2 Å². The van der Waals surface area contributed by atoms with Gasteiger partial charge in [-0.05, 0) is 192 Å². The number of unbranched alkanes of at least 4 members (excludes halogenated alkanes) is 3. The third-order valence-electron chi connectivity index (χ3n) is 22.0. The van der Waals surface area contributed by atoms with E-state index in [1.165, 1.54) is 33.3 Å². The highest BCUT2D eigenvalue weighted by atomic mass is 16.4. The molecule has 2 rings (SSSR count). The Morgan fingerprint density at radius 1 is 0.477 bits per heavy atom. The monoisotopic (exact) mass is 1870 g/mol. The number of nitrogens with one attached hydrogen (secondary N) is 16. The van der Waals surface area contributed by atoms with E-state index in [1.807, 2.05) is 17.5 Å². The number of nitrogens with two attached hydrogens (primary N) is 6. The number of nitrogens with zero attached hydrogens (tertiary/aromatic N) is 1. The average molecular weight is 1870 g/mol. The number of carbonyl (C=O) groups is 20. The van der Waals surface area contributed by atoms with Crippen LogP contribution in [-0.4, -0.2) is 259 Å². The molecule has 0 fully saturated rings. The van der Waals surface area contributed by atoms with Gasteiger partial charge in [0.2, 0.25) is 106 Å². The van der Waals surface area contributed by atoms with E-state index in [0.717, 1.165) is 0 Å². The highest BCUT2D eigenvalue weighted by molar-refractivity contribution is 6.02. The summed E-state index contributed by atoms with van der Waals surface area (Å²) < 4.78 is 0. The van der Waals surface area contributed by atoms with Crippen molar-refractivity contribution in [3.63, 3.8) is 0 Å². The summed E-state index contributed by atoms with van der Waals surface area (Å²) in [7, 11) is 0. The van der Waals surface area contributed by atoms with Gasteiger partial charge < -0.3 is 134 Å². The molecule has 16 atom stereocenters. The maximum Gasteiger partial charge on any atom is 0.305 e. The molecule has 0 saturated heterocycles. The van der Waals surface area contributed by atoms with Crippen LogP contribution in [-0.2, 0) is 102 Å². The van der Waals surface area contributed by atoms with Crippen LogP contribution in [0.25, 0.3) is 0 Å². The number of H-pyrrole nitrogens is 1. The van der Waals surface area contributed by atoms with Crippen LogP contribution in [0.4, 0.5) is 0 Å².